The van der Waals surface area contributed by atoms with Gasteiger partial charge in [-0.05, 0) is 12.1 Å². The summed E-state index contributed by atoms with van der Waals surface area (Å²) in [6, 6.07) is 3.53. The number of carbonyl (C=O) groups excluding carboxylic acids is 1. The van der Waals surface area contributed by atoms with E-state index in [1.54, 1.807) is 18.3 Å². The highest BCUT2D eigenvalue weighted by Crippen LogP contribution is 2.29. The zero-order valence-corrected chi connectivity index (χ0v) is 11.7. The average Bonchev–Trinajstić information content (AvgIpc) is 2.36. The van der Waals surface area contributed by atoms with Crippen molar-refractivity contribution in [2.45, 2.75) is 24.3 Å². The van der Waals surface area contributed by atoms with E-state index in [0.29, 0.717) is 16.1 Å². The number of thioether (sulfide) groups is 1. The molecule has 0 spiro atoms. The lowest BCUT2D eigenvalue weighted by molar-refractivity contribution is 0.0601. The Morgan fingerprint density at radius 1 is 1.44 bits per heavy atom. The molecule has 1 saturated heterocycles. The molecule has 0 aromatic carbocycles. The van der Waals surface area contributed by atoms with Gasteiger partial charge in [0.15, 0.2) is 0 Å². The molecular formula is C13H18N2O2S. The molecule has 1 fully saturated rings. The minimum Gasteiger partial charge on any atom is -0.465 e. The van der Waals surface area contributed by atoms with E-state index in [4.69, 9.17) is 4.74 Å². The van der Waals surface area contributed by atoms with E-state index in [0.717, 1.165) is 18.9 Å². The van der Waals surface area contributed by atoms with Gasteiger partial charge >= 0.3 is 5.97 Å². The zero-order chi connectivity index (χ0) is 13.1. The molecule has 1 aromatic heterocycles. The van der Waals surface area contributed by atoms with Crippen LogP contribution in [0.1, 0.15) is 24.2 Å². The number of anilines is 1. The van der Waals surface area contributed by atoms with Crippen molar-refractivity contribution in [3.05, 3.63) is 23.9 Å². The number of carbonyl (C=O) groups is 1. The number of hydrogen-bond donors (Lipinski definition) is 0. The van der Waals surface area contributed by atoms with Crippen LogP contribution in [0.2, 0.25) is 0 Å². The SMILES string of the molecule is COC(=O)c1cccnc1N1CC(C)SC(C)C1. The minimum absolute atomic E-state index is 0.323. The highest BCUT2D eigenvalue weighted by Gasteiger charge is 2.26. The van der Waals surface area contributed by atoms with Crippen molar-refractivity contribution in [2.24, 2.45) is 0 Å². The molecule has 18 heavy (non-hydrogen) atoms. The molecule has 2 atom stereocenters. The van der Waals surface area contributed by atoms with Crippen molar-refractivity contribution in [1.29, 1.82) is 0 Å². The molecule has 2 heterocycles. The average molecular weight is 266 g/mol. The normalized spacial score (nSPS) is 23.8. The lowest BCUT2D eigenvalue weighted by atomic mass is 10.2. The molecule has 2 unspecified atom stereocenters. The summed E-state index contributed by atoms with van der Waals surface area (Å²) in [5, 5.41) is 1.09. The van der Waals surface area contributed by atoms with Crippen LogP contribution in [-0.2, 0) is 4.74 Å². The van der Waals surface area contributed by atoms with Crippen LogP contribution in [0, 0.1) is 0 Å². The molecule has 1 aliphatic heterocycles. The summed E-state index contributed by atoms with van der Waals surface area (Å²) < 4.78 is 4.81. The largest absolute Gasteiger partial charge is 0.465 e. The molecule has 0 saturated carbocycles. The number of rotatable bonds is 2. The third-order valence-electron chi connectivity index (χ3n) is 2.91. The number of ether oxygens (including phenoxy) is 1. The highest BCUT2D eigenvalue weighted by molar-refractivity contribution is 8.00. The Kier molecular flexibility index (Phi) is 4.11. The fraction of sp³-hybridized carbons (Fsp3) is 0.538. The van der Waals surface area contributed by atoms with Crippen molar-refractivity contribution in [1.82, 2.24) is 4.98 Å². The van der Waals surface area contributed by atoms with Crippen molar-refractivity contribution in [2.75, 3.05) is 25.1 Å². The summed E-state index contributed by atoms with van der Waals surface area (Å²) in [6.07, 6.45) is 1.72. The predicted molar refractivity (Wildman–Crippen MR) is 74.3 cm³/mol. The Hall–Kier alpha value is -1.23. The van der Waals surface area contributed by atoms with Crippen molar-refractivity contribution in [3.63, 3.8) is 0 Å². The molecule has 0 radical (unpaired) electrons. The van der Waals surface area contributed by atoms with Gasteiger partial charge in [-0.1, -0.05) is 13.8 Å². The number of methoxy groups -OCH3 is 1. The van der Waals surface area contributed by atoms with Crippen molar-refractivity contribution >= 4 is 23.5 Å². The molecular weight excluding hydrogens is 248 g/mol. The van der Waals surface area contributed by atoms with Crippen molar-refractivity contribution < 1.29 is 9.53 Å². The molecule has 0 bridgehead atoms. The van der Waals surface area contributed by atoms with Crippen molar-refractivity contribution in [3.8, 4) is 0 Å². The van der Waals surface area contributed by atoms with Gasteiger partial charge in [-0.3, -0.25) is 0 Å². The van der Waals surface area contributed by atoms with Crippen LogP contribution >= 0.6 is 11.8 Å². The molecule has 0 amide bonds. The third-order valence-corrected chi connectivity index (χ3v) is 4.14. The molecule has 2 rings (SSSR count). The zero-order valence-electron chi connectivity index (χ0n) is 10.9. The molecule has 0 aliphatic carbocycles. The third kappa shape index (κ3) is 2.77. The van der Waals surface area contributed by atoms with Crippen LogP contribution in [-0.4, -0.2) is 41.7 Å². The van der Waals surface area contributed by atoms with Crippen LogP contribution in [0.3, 0.4) is 0 Å². The topological polar surface area (TPSA) is 42.4 Å². The number of hydrogen-bond acceptors (Lipinski definition) is 5. The molecule has 98 valence electrons. The summed E-state index contributed by atoms with van der Waals surface area (Å²) >= 11 is 1.97. The standard InChI is InChI=1S/C13H18N2O2S/c1-9-7-15(8-10(2)18-9)12-11(13(16)17-3)5-4-6-14-12/h4-6,9-10H,7-8H2,1-3H3. The highest BCUT2D eigenvalue weighted by atomic mass is 32.2. The second-order valence-corrected chi connectivity index (χ2v) is 6.41. The van der Waals surface area contributed by atoms with E-state index in [1.165, 1.54) is 7.11 Å². The second kappa shape index (κ2) is 5.61. The van der Waals surface area contributed by atoms with E-state index in [-0.39, 0.29) is 5.97 Å². The smallest absolute Gasteiger partial charge is 0.341 e. The summed E-state index contributed by atoms with van der Waals surface area (Å²) in [4.78, 5) is 18.3. The van der Waals surface area contributed by atoms with Crippen LogP contribution < -0.4 is 4.90 Å². The number of aromatic nitrogens is 1. The Balaban J connectivity index is 2.29. The van der Waals surface area contributed by atoms with E-state index < -0.39 is 0 Å². The van der Waals surface area contributed by atoms with E-state index >= 15 is 0 Å². The molecule has 1 aromatic rings. The van der Waals surface area contributed by atoms with Gasteiger partial charge < -0.3 is 9.64 Å². The van der Waals surface area contributed by atoms with Gasteiger partial charge in [0.05, 0.1) is 7.11 Å². The van der Waals surface area contributed by atoms with Gasteiger partial charge in [0.1, 0.15) is 11.4 Å². The maximum atomic E-state index is 11.7. The Labute approximate surface area is 112 Å². The monoisotopic (exact) mass is 266 g/mol. The van der Waals surface area contributed by atoms with Crippen LogP contribution in [0.4, 0.5) is 5.82 Å². The number of esters is 1. The Bertz CT molecular complexity index is 429. The van der Waals surface area contributed by atoms with Gasteiger partial charge in [0.2, 0.25) is 0 Å². The molecule has 0 N–H and O–H groups in total. The Morgan fingerprint density at radius 2 is 2.11 bits per heavy atom. The summed E-state index contributed by atoms with van der Waals surface area (Å²) in [5.41, 5.74) is 0.548. The molecule has 1 aliphatic rings. The molecule has 4 nitrogen and oxygen atoms in total. The quantitative estimate of drug-likeness (QED) is 0.768. The van der Waals surface area contributed by atoms with E-state index in [2.05, 4.69) is 23.7 Å². The fourth-order valence-electron chi connectivity index (χ4n) is 2.27. The first-order valence-corrected chi connectivity index (χ1v) is 7.00. The van der Waals surface area contributed by atoms with Crippen LogP contribution in [0.25, 0.3) is 0 Å². The lowest BCUT2D eigenvalue weighted by Gasteiger charge is -2.36. The predicted octanol–water partition coefficient (Wildman–Crippen LogP) is 2.20. The maximum Gasteiger partial charge on any atom is 0.341 e. The van der Waals surface area contributed by atoms with Gasteiger partial charge in [0.25, 0.3) is 0 Å². The summed E-state index contributed by atoms with van der Waals surface area (Å²) in [7, 11) is 1.40. The second-order valence-electron chi connectivity index (χ2n) is 4.53. The van der Waals surface area contributed by atoms with Crippen LogP contribution in [0.15, 0.2) is 18.3 Å². The van der Waals surface area contributed by atoms with E-state index in [9.17, 15) is 4.79 Å². The first kappa shape index (κ1) is 13.2. The first-order chi connectivity index (χ1) is 8.61. The minimum atomic E-state index is -0.323. The first-order valence-electron chi connectivity index (χ1n) is 6.05. The number of nitrogens with zero attached hydrogens (tertiary/aromatic N) is 2. The van der Waals surface area contributed by atoms with Gasteiger partial charge in [-0.15, -0.1) is 0 Å². The lowest BCUT2D eigenvalue weighted by Crippen LogP contribution is -2.41. The van der Waals surface area contributed by atoms with Crippen LogP contribution in [0.5, 0.6) is 0 Å². The summed E-state index contributed by atoms with van der Waals surface area (Å²) in [6.45, 7) is 6.23. The maximum absolute atomic E-state index is 11.7. The van der Waals surface area contributed by atoms with Gasteiger partial charge in [0, 0.05) is 29.8 Å². The number of pyridine rings is 1. The fourth-order valence-corrected chi connectivity index (χ4v) is 3.59. The van der Waals surface area contributed by atoms with Gasteiger partial charge in [-0.2, -0.15) is 11.8 Å². The molecule has 5 heteroatoms. The van der Waals surface area contributed by atoms with E-state index in [1.807, 2.05) is 11.8 Å². The van der Waals surface area contributed by atoms with Gasteiger partial charge in [-0.25, -0.2) is 9.78 Å². The summed E-state index contributed by atoms with van der Waals surface area (Å²) in [5.74, 6) is 0.417. The Morgan fingerprint density at radius 3 is 2.72 bits per heavy atom.